The number of likely N-dealkylation sites (tertiary alicyclic amines) is 1. The van der Waals surface area contributed by atoms with Crippen LogP contribution in [0.1, 0.15) is 25.8 Å². The molecule has 1 aromatic rings. The molecule has 1 saturated heterocycles. The number of benzene rings is 1. The Morgan fingerprint density at radius 1 is 1.32 bits per heavy atom. The van der Waals surface area contributed by atoms with Gasteiger partial charge in [0.15, 0.2) is 0 Å². The van der Waals surface area contributed by atoms with Crippen LogP contribution in [0.2, 0.25) is 0 Å². The minimum atomic E-state index is -2.84. The lowest BCUT2D eigenvalue weighted by atomic mass is 10.1. The first-order valence-electron chi connectivity index (χ1n) is 8.44. The first-order valence-corrected chi connectivity index (χ1v) is 8.44. The molecule has 1 fully saturated rings. The van der Waals surface area contributed by atoms with Gasteiger partial charge in [0.1, 0.15) is 5.75 Å². The smallest absolute Gasteiger partial charge is 0.387 e. The van der Waals surface area contributed by atoms with E-state index >= 15 is 0 Å². The monoisotopic (exact) mass is 354 g/mol. The van der Waals surface area contributed by atoms with Crippen molar-refractivity contribution in [1.29, 1.82) is 0 Å². The van der Waals surface area contributed by atoms with Crippen molar-refractivity contribution in [2.75, 3.05) is 19.6 Å². The number of alkyl halides is 2. The number of halogens is 2. The summed E-state index contributed by atoms with van der Waals surface area (Å²) in [5.74, 6) is 0.106. The minimum Gasteiger partial charge on any atom is -0.435 e. The van der Waals surface area contributed by atoms with Gasteiger partial charge in [0.2, 0.25) is 11.8 Å². The van der Waals surface area contributed by atoms with Crippen molar-refractivity contribution in [2.24, 2.45) is 11.8 Å². The number of rotatable bonds is 8. The first kappa shape index (κ1) is 19.1. The molecular weight excluding hydrogens is 330 g/mol. The largest absolute Gasteiger partial charge is 0.435 e. The standard InChI is InChI=1S/C18H24F2N2O3/c1-12(2)10-22-11-14(9-16(22)23)17(24)21-8-7-13-3-5-15(6-4-13)25-18(19)20/h3-6,12,14,18H,7-11H2,1-2H3,(H,21,24)/t14-/m0/s1. The average molecular weight is 354 g/mol. The van der Waals surface area contributed by atoms with E-state index in [1.165, 1.54) is 12.1 Å². The number of amides is 2. The lowest BCUT2D eigenvalue weighted by Gasteiger charge is -2.18. The Bertz CT molecular complexity index is 590. The minimum absolute atomic E-state index is 0.0310. The second kappa shape index (κ2) is 8.78. The molecule has 7 heteroatoms. The SMILES string of the molecule is CC(C)CN1C[C@@H](C(=O)NCCc2ccc(OC(F)F)cc2)CC1=O. The molecule has 1 aliphatic heterocycles. The third kappa shape index (κ3) is 5.99. The van der Waals surface area contributed by atoms with E-state index in [4.69, 9.17) is 0 Å². The Hall–Kier alpha value is -2.18. The summed E-state index contributed by atoms with van der Waals surface area (Å²) in [7, 11) is 0. The second-order valence-corrected chi connectivity index (χ2v) is 6.66. The third-order valence-corrected chi connectivity index (χ3v) is 4.03. The summed E-state index contributed by atoms with van der Waals surface area (Å²) in [4.78, 5) is 25.9. The molecule has 0 bridgehead atoms. The summed E-state index contributed by atoms with van der Waals surface area (Å²) in [6.07, 6.45) is 0.843. The highest BCUT2D eigenvalue weighted by molar-refractivity contribution is 5.89. The Balaban J connectivity index is 1.74. The van der Waals surface area contributed by atoms with E-state index in [0.29, 0.717) is 32.0 Å². The fraction of sp³-hybridized carbons (Fsp3) is 0.556. The van der Waals surface area contributed by atoms with Gasteiger partial charge < -0.3 is 15.0 Å². The molecule has 0 aromatic heterocycles. The maximum atomic E-state index is 12.2. The number of carbonyl (C=O) groups is 2. The van der Waals surface area contributed by atoms with Gasteiger partial charge in [-0.15, -0.1) is 0 Å². The highest BCUT2D eigenvalue weighted by Gasteiger charge is 2.34. The molecule has 138 valence electrons. The predicted octanol–water partition coefficient (Wildman–Crippen LogP) is 2.45. The molecule has 0 radical (unpaired) electrons. The van der Waals surface area contributed by atoms with Crippen LogP contribution in [0.15, 0.2) is 24.3 Å². The van der Waals surface area contributed by atoms with E-state index in [1.807, 2.05) is 13.8 Å². The van der Waals surface area contributed by atoms with Crippen LogP contribution in [-0.4, -0.2) is 43.0 Å². The van der Waals surface area contributed by atoms with E-state index < -0.39 is 6.61 Å². The van der Waals surface area contributed by atoms with Crippen LogP contribution in [0.5, 0.6) is 5.75 Å². The molecular formula is C18H24F2N2O3. The number of ether oxygens (including phenoxy) is 1. The molecule has 5 nitrogen and oxygen atoms in total. The normalized spacial score (nSPS) is 17.4. The summed E-state index contributed by atoms with van der Waals surface area (Å²) in [5, 5.41) is 2.85. The lowest BCUT2D eigenvalue weighted by Crippen LogP contribution is -2.35. The summed E-state index contributed by atoms with van der Waals surface area (Å²) in [5.41, 5.74) is 0.908. The van der Waals surface area contributed by atoms with Crippen molar-refractivity contribution in [3.63, 3.8) is 0 Å². The van der Waals surface area contributed by atoms with E-state index in [1.54, 1.807) is 17.0 Å². The maximum Gasteiger partial charge on any atom is 0.387 e. The van der Waals surface area contributed by atoms with Gasteiger partial charge >= 0.3 is 6.61 Å². The van der Waals surface area contributed by atoms with E-state index in [-0.39, 0.29) is 29.9 Å². The van der Waals surface area contributed by atoms with Gasteiger partial charge in [-0.1, -0.05) is 26.0 Å². The van der Waals surface area contributed by atoms with Gasteiger partial charge in [-0.3, -0.25) is 9.59 Å². The zero-order chi connectivity index (χ0) is 18.4. The summed E-state index contributed by atoms with van der Waals surface area (Å²) < 4.78 is 28.5. The summed E-state index contributed by atoms with van der Waals surface area (Å²) in [6, 6.07) is 6.33. The first-order chi connectivity index (χ1) is 11.8. The zero-order valence-corrected chi connectivity index (χ0v) is 14.5. The molecule has 1 aliphatic rings. The second-order valence-electron chi connectivity index (χ2n) is 6.66. The van der Waals surface area contributed by atoms with Crippen LogP contribution in [0, 0.1) is 11.8 Å². The van der Waals surface area contributed by atoms with Crippen molar-refractivity contribution in [2.45, 2.75) is 33.3 Å². The molecule has 1 heterocycles. The number of carbonyl (C=O) groups excluding carboxylic acids is 2. The van der Waals surface area contributed by atoms with Crippen LogP contribution < -0.4 is 10.1 Å². The molecule has 0 unspecified atom stereocenters. The predicted molar refractivity (Wildman–Crippen MR) is 89.3 cm³/mol. The fourth-order valence-corrected chi connectivity index (χ4v) is 2.88. The molecule has 1 N–H and O–H groups in total. The Labute approximate surface area is 146 Å². The highest BCUT2D eigenvalue weighted by atomic mass is 19.3. The molecule has 1 aromatic carbocycles. The molecule has 0 saturated carbocycles. The van der Waals surface area contributed by atoms with Crippen LogP contribution in [0.3, 0.4) is 0 Å². The van der Waals surface area contributed by atoms with Crippen LogP contribution in [-0.2, 0) is 16.0 Å². The van der Waals surface area contributed by atoms with Gasteiger partial charge in [-0.25, -0.2) is 0 Å². The number of nitrogens with one attached hydrogen (secondary N) is 1. The van der Waals surface area contributed by atoms with E-state index in [9.17, 15) is 18.4 Å². The van der Waals surface area contributed by atoms with Crippen LogP contribution in [0.25, 0.3) is 0 Å². The third-order valence-electron chi connectivity index (χ3n) is 4.03. The number of hydrogen-bond donors (Lipinski definition) is 1. The molecule has 0 spiro atoms. The van der Waals surface area contributed by atoms with E-state index in [0.717, 1.165) is 5.56 Å². The fourth-order valence-electron chi connectivity index (χ4n) is 2.88. The van der Waals surface area contributed by atoms with Crippen molar-refractivity contribution < 1.29 is 23.1 Å². The van der Waals surface area contributed by atoms with Gasteiger partial charge in [-0.05, 0) is 30.0 Å². The van der Waals surface area contributed by atoms with Gasteiger partial charge in [0.05, 0.1) is 5.92 Å². The van der Waals surface area contributed by atoms with Gasteiger partial charge in [-0.2, -0.15) is 8.78 Å². The van der Waals surface area contributed by atoms with E-state index in [2.05, 4.69) is 10.1 Å². The topological polar surface area (TPSA) is 58.6 Å². The Morgan fingerprint density at radius 2 is 2.00 bits per heavy atom. The Morgan fingerprint density at radius 3 is 2.60 bits per heavy atom. The van der Waals surface area contributed by atoms with Crippen molar-refractivity contribution >= 4 is 11.8 Å². The zero-order valence-electron chi connectivity index (χ0n) is 14.5. The molecule has 2 amide bonds. The molecule has 1 atom stereocenters. The van der Waals surface area contributed by atoms with Crippen molar-refractivity contribution in [3.05, 3.63) is 29.8 Å². The molecule has 2 rings (SSSR count). The lowest BCUT2D eigenvalue weighted by molar-refractivity contribution is -0.129. The van der Waals surface area contributed by atoms with Crippen LogP contribution >= 0.6 is 0 Å². The maximum absolute atomic E-state index is 12.2. The van der Waals surface area contributed by atoms with Crippen molar-refractivity contribution in [3.8, 4) is 5.75 Å². The quantitative estimate of drug-likeness (QED) is 0.780. The molecule has 25 heavy (non-hydrogen) atoms. The van der Waals surface area contributed by atoms with Gasteiger partial charge in [0.25, 0.3) is 0 Å². The highest BCUT2D eigenvalue weighted by Crippen LogP contribution is 2.19. The van der Waals surface area contributed by atoms with Gasteiger partial charge in [0, 0.05) is 26.1 Å². The Kier molecular flexibility index (Phi) is 6.73. The number of hydrogen-bond acceptors (Lipinski definition) is 3. The van der Waals surface area contributed by atoms with Crippen molar-refractivity contribution in [1.82, 2.24) is 10.2 Å². The number of nitrogens with zero attached hydrogens (tertiary/aromatic N) is 1. The van der Waals surface area contributed by atoms with Crippen LogP contribution in [0.4, 0.5) is 8.78 Å². The summed E-state index contributed by atoms with van der Waals surface area (Å²) >= 11 is 0. The summed E-state index contributed by atoms with van der Waals surface area (Å²) in [6.45, 7) is 2.83. The molecule has 0 aliphatic carbocycles. The average Bonchev–Trinajstić information content (AvgIpc) is 2.89.